The Hall–Kier alpha value is -2.22. The van der Waals surface area contributed by atoms with Crippen LogP contribution >= 0.6 is 12.2 Å². The molecule has 0 atom stereocenters. The summed E-state index contributed by atoms with van der Waals surface area (Å²) in [6.45, 7) is 7.92. The van der Waals surface area contributed by atoms with Crippen LogP contribution in [0, 0.1) is 0 Å². The number of nitrogens with zero attached hydrogens (tertiary/aromatic N) is 1. The lowest BCUT2D eigenvalue weighted by Gasteiger charge is -2.23. The van der Waals surface area contributed by atoms with Gasteiger partial charge in [-0.3, -0.25) is 5.43 Å². The van der Waals surface area contributed by atoms with Crippen LogP contribution in [0.4, 0.5) is 0 Å². The summed E-state index contributed by atoms with van der Waals surface area (Å²) in [5, 5.41) is 10.5. The fourth-order valence-electron chi connectivity index (χ4n) is 3.26. The first-order valence-corrected chi connectivity index (χ1v) is 10.1. The summed E-state index contributed by atoms with van der Waals surface area (Å²) < 4.78 is 10.7. The highest BCUT2D eigenvalue weighted by molar-refractivity contribution is 7.80. The number of hydrogen-bond donors (Lipinski definition) is 3. The number of quaternary nitrogens is 1. The highest BCUT2D eigenvalue weighted by Crippen LogP contribution is 2.22. The average Bonchev–Trinajstić information content (AvgIpc) is 2.75. The minimum absolute atomic E-state index is 0.557. The molecule has 0 aromatic heterocycles. The van der Waals surface area contributed by atoms with Gasteiger partial charge in [0.05, 0.1) is 32.6 Å². The van der Waals surface area contributed by atoms with E-state index in [0.717, 1.165) is 73.6 Å². The van der Waals surface area contributed by atoms with Gasteiger partial charge in [-0.05, 0) is 53.7 Å². The number of rotatable bonds is 7. The number of benzene rings is 2. The van der Waals surface area contributed by atoms with Gasteiger partial charge in [-0.25, -0.2) is 0 Å². The Kier molecular flexibility index (Phi) is 7.59. The number of methoxy groups -OCH3 is 1. The maximum atomic E-state index is 5.38. The Labute approximate surface area is 171 Å². The fraction of sp³-hybridized carbons (Fsp3) is 0.429. The SMILES string of the molecule is COc1ccc2cc(/C(C)=N\NC(=S)NCCC[NH+]3CCOCC3)ccc2c1. The van der Waals surface area contributed by atoms with E-state index in [1.165, 1.54) is 0 Å². The molecule has 1 heterocycles. The Morgan fingerprint density at radius 3 is 2.71 bits per heavy atom. The first kappa shape index (κ1) is 20.5. The van der Waals surface area contributed by atoms with Gasteiger partial charge in [0.25, 0.3) is 0 Å². The van der Waals surface area contributed by atoms with Crippen LogP contribution in [0.1, 0.15) is 18.9 Å². The van der Waals surface area contributed by atoms with Crippen LogP contribution in [-0.4, -0.2) is 57.3 Å². The molecule has 0 saturated carbocycles. The maximum absolute atomic E-state index is 5.38. The molecule has 1 aliphatic rings. The van der Waals surface area contributed by atoms with Gasteiger partial charge in [-0.2, -0.15) is 5.10 Å². The zero-order chi connectivity index (χ0) is 19.8. The van der Waals surface area contributed by atoms with Crippen molar-refractivity contribution in [2.75, 3.05) is 46.5 Å². The van der Waals surface area contributed by atoms with Gasteiger partial charge in [0, 0.05) is 13.0 Å². The van der Waals surface area contributed by atoms with Gasteiger partial charge < -0.3 is 19.7 Å². The number of fused-ring (bicyclic) bond motifs is 1. The largest absolute Gasteiger partial charge is 0.497 e. The van der Waals surface area contributed by atoms with E-state index in [-0.39, 0.29) is 0 Å². The molecule has 0 spiro atoms. The first-order chi connectivity index (χ1) is 13.7. The molecule has 0 amide bonds. The zero-order valence-electron chi connectivity index (χ0n) is 16.6. The van der Waals surface area contributed by atoms with Gasteiger partial charge in [0.2, 0.25) is 0 Å². The highest BCUT2D eigenvalue weighted by Gasteiger charge is 2.12. The van der Waals surface area contributed by atoms with Crippen LogP contribution in [-0.2, 0) is 4.74 Å². The number of hydrogen-bond acceptors (Lipinski definition) is 4. The molecular weight excluding hydrogens is 372 g/mol. The molecule has 1 fully saturated rings. The van der Waals surface area contributed by atoms with Crippen LogP contribution in [0.3, 0.4) is 0 Å². The van der Waals surface area contributed by atoms with Crippen LogP contribution in [0.25, 0.3) is 10.8 Å². The predicted molar refractivity (Wildman–Crippen MR) is 117 cm³/mol. The van der Waals surface area contributed by atoms with Crippen molar-refractivity contribution in [3.63, 3.8) is 0 Å². The molecule has 3 N–H and O–H groups in total. The number of morpholine rings is 1. The number of thiocarbonyl (C=S) groups is 1. The summed E-state index contributed by atoms with van der Waals surface area (Å²) in [6.07, 6.45) is 1.08. The van der Waals surface area contributed by atoms with E-state index >= 15 is 0 Å². The van der Waals surface area contributed by atoms with E-state index < -0.39 is 0 Å². The van der Waals surface area contributed by atoms with Crippen LogP contribution in [0.15, 0.2) is 41.5 Å². The van der Waals surface area contributed by atoms with Gasteiger partial charge >= 0.3 is 0 Å². The topological polar surface area (TPSA) is 59.3 Å². The lowest BCUT2D eigenvalue weighted by molar-refractivity contribution is -0.908. The summed E-state index contributed by atoms with van der Waals surface area (Å²) >= 11 is 5.33. The Bertz CT molecular complexity index is 834. The molecule has 1 saturated heterocycles. The molecule has 0 unspecified atom stereocenters. The smallest absolute Gasteiger partial charge is 0.186 e. The summed E-state index contributed by atoms with van der Waals surface area (Å²) in [5.74, 6) is 0.860. The second-order valence-electron chi connectivity index (χ2n) is 6.96. The van der Waals surface area contributed by atoms with Gasteiger partial charge in [0.1, 0.15) is 18.8 Å². The van der Waals surface area contributed by atoms with Crippen molar-refractivity contribution in [3.05, 3.63) is 42.0 Å². The molecular formula is C21H29N4O2S+. The molecule has 2 aromatic carbocycles. The van der Waals surface area contributed by atoms with Crippen LogP contribution < -0.4 is 20.4 Å². The quantitative estimate of drug-likeness (QED) is 0.283. The molecule has 0 aliphatic carbocycles. The average molecular weight is 402 g/mol. The van der Waals surface area contributed by atoms with Gasteiger partial charge in [-0.1, -0.05) is 18.2 Å². The maximum Gasteiger partial charge on any atom is 0.186 e. The van der Waals surface area contributed by atoms with E-state index in [1.807, 2.05) is 19.1 Å². The van der Waals surface area contributed by atoms with Crippen LogP contribution in [0.2, 0.25) is 0 Å². The Morgan fingerprint density at radius 2 is 1.93 bits per heavy atom. The summed E-state index contributed by atoms with van der Waals surface area (Å²) in [7, 11) is 1.68. The van der Waals surface area contributed by atoms with E-state index in [1.54, 1.807) is 12.0 Å². The van der Waals surface area contributed by atoms with Crippen molar-refractivity contribution in [2.45, 2.75) is 13.3 Å². The molecule has 7 heteroatoms. The predicted octanol–water partition coefficient (Wildman–Crippen LogP) is 1.34. The molecule has 6 nitrogen and oxygen atoms in total. The highest BCUT2D eigenvalue weighted by atomic mass is 32.1. The van der Waals surface area contributed by atoms with Crippen molar-refractivity contribution in [1.82, 2.24) is 10.7 Å². The second kappa shape index (κ2) is 10.4. The molecule has 3 rings (SSSR count). The van der Waals surface area contributed by atoms with Crippen molar-refractivity contribution in [2.24, 2.45) is 5.10 Å². The van der Waals surface area contributed by atoms with Crippen molar-refractivity contribution in [3.8, 4) is 5.75 Å². The lowest BCUT2D eigenvalue weighted by atomic mass is 10.0. The first-order valence-electron chi connectivity index (χ1n) is 9.73. The number of ether oxygens (including phenoxy) is 2. The van der Waals surface area contributed by atoms with Crippen molar-refractivity contribution < 1.29 is 14.4 Å². The van der Waals surface area contributed by atoms with E-state index in [4.69, 9.17) is 21.7 Å². The summed E-state index contributed by atoms with van der Waals surface area (Å²) in [5.41, 5.74) is 4.89. The molecule has 0 radical (unpaired) electrons. The van der Waals surface area contributed by atoms with Crippen molar-refractivity contribution in [1.29, 1.82) is 0 Å². The molecule has 0 bridgehead atoms. The number of nitrogens with one attached hydrogen (secondary N) is 3. The van der Waals surface area contributed by atoms with Gasteiger partial charge in [0.15, 0.2) is 5.11 Å². The monoisotopic (exact) mass is 401 g/mol. The third kappa shape index (κ3) is 5.89. The zero-order valence-corrected chi connectivity index (χ0v) is 17.4. The molecule has 1 aliphatic heterocycles. The van der Waals surface area contributed by atoms with Crippen LogP contribution in [0.5, 0.6) is 5.75 Å². The summed E-state index contributed by atoms with van der Waals surface area (Å²) in [6, 6.07) is 12.3. The third-order valence-electron chi connectivity index (χ3n) is 4.98. The lowest BCUT2D eigenvalue weighted by Crippen LogP contribution is -3.14. The standard InChI is InChI=1S/C21H28N4O2S/c1-16(17-4-5-19-15-20(26-2)7-6-18(19)14-17)23-24-21(28)22-8-3-9-25-10-12-27-13-11-25/h4-7,14-15H,3,8-13H2,1-2H3,(H2,22,24,28)/p+1/b23-16-. The second-order valence-corrected chi connectivity index (χ2v) is 7.37. The Balaban J connectivity index is 1.46. The van der Waals surface area contributed by atoms with E-state index in [2.05, 4.69) is 40.1 Å². The van der Waals surface area contributed by atoms with E-state index in [0.29, 0.717) is 5.11 Å². The fourth-order valence-corrected chi connectivity index (χ4v) is 3.41. The van der Waals surface area contributed by atoms with Gasteiger partial charge in [-0.15, -0.1) is 0 Å². The molecule has 28 heavy (non-hydrogen) atoms. The minimum Gasteiger partial charge on any atom is -0.497 e. The van der Waals surface area contributed by atoms with Crippen molar-refractivity contribution >= 4 is 33.8 Å². The van der Waals surface area contributed by atoms with E-state index in [9.17, 15) is 0 Å². The molecule has 150 valence electrons. The summed E-state index contributed by atoms with van der Waals surface area (Å²) in [4.78, 5) is 1.61. The molecule has 2 aromatic rings. The third-order valence-corrected chi connectivity index (χ3v) is 5.22. The number of hydrazone groups is 1. The minimum atomic E-state index is 0.557. The normalized spacial score (nSPS) is 15.4. The Morgan fingerprint density at radius 1 is 1.18 bits per heavy atom.